The summed E-state index contributed by atoms with van der Waals surface area (Å²) in [7, 11) is 0. The van der Waals surface area contributed by atoms with Gasteiger partial charge in [0.05, 0.1) is 11.8 Å². The number of nitrogens with one attached hydrogen (secondary N) is 1. The Kier molecular flexibility index (Phi) is 7.87. The van der Waals surface area contributed by atoms with Gasteiger partial charge in [0.25, 0.3) is 0 Å². The minimum atomic E-state index is -0.164. The van der Waals surface area contributed by atoms with E-state index < -0.39 is 0 Å². The van der Waals surface area contributed by atoms with Crippen LogP contribution >= 0.6 is 0 Å². The van der Waals surface area contributed by atoms with E-state index in [0.717, 1.165) is 54.7 Å². The zero-order chi connectivity index (χ0) is 26.4. The van der Waals surface area contributed by atoms with Gasteiger partial charge in [-0.2, -0.15) is 5.10 Å². The Balaban J connectivity index is 1.31. The molecule has 1 N–H and O–H groups in total. The number of ether oxygens (including phenoxy) is 1. The molecule has 4 aromatic rings. The number of likely N-dealkylation sites (tertiary alicyclic amines) is 1. The second-order valence-electron chi connectivity index (χ2n) is 11.0. The molecule has 39 heavy (non-hydrogen) atoms. The van der Waals surface area contributed by atoms with E-state index in [4.69, 9.17) is 4.74 Å². The molecule has 5 nitrogen and oxygen atoms in total. The van der Waals surface area contributed by atoms with Crippen LogP contribution < -0.4 is 4.74 Å². The lowest BCUT2D eigenvalue weighted by Crippen LogP contribution is -2.28. The highest BCUT2D eigenvalue weighted by Crippen LogP contribution is 2.33. The van der Waals surface area contributed by atoms with Gasteiger partial charge in [0.2, 0.25) is 0 Å². The molecule has 1 saturated heterocycles. The first-order chi connectivity index (χ1) is 19.2. The SMILES string of the molecule is O=C(Cc1ccc2c(c1)CCCCC2)c1ccc(-c2cn[nH]c2)cc1OC(CN1CCCC1)c1ccccc1. The number of aromatic nitrogens is 2. The first kappa shape index (κ1) is 25.6. The van der Waals surface area contributed by atoms with Crippen LogP contribution in [0.5, 0.6) is 5.75 Å². The molecular weight excluding hydrogens is 482 g/mol. The molecule has 2 aliphatic rings. The molecule has 2 heterocycles. The van der Waals surface area contributed by atoms with E-state index in [1.54, 1.807) is 6.20 Å². The smallest absolute Gasteiger partial charge is 0.170 e. The Morgan fingerprint density at radius 2 is 1.69 bits per heavy atom. The molecule has 200 valence electrons. The van der Waals surface area contributed by atoms with Crippen molar-refractivity contribution in [3.63, 3.8) is 0 Å². The van der Waals surface area contributed by atoms with Crippen molar-refractivity contribution in [1.82, 2.24) is 15.1 Å². The lowest BCUT2D eigenvalue weighted by Gasteiger charge is -2.26. The van der Waals surface area contributed by atoms with Gasteiger partial charge >= 0.3 is 0 Å². The van der Waals surface area contributed by atoms with Gasteiger partial charge in [0.1, 0.15) is 11.9 Å². The Hall–Kier alpha value is -3.70. The lowest BCUT2D eigenvalue weighted by atomic mass is 9.95. The molecule has 6 rings (SSSR count). The molecule has 1 aliphatic heterocycles. The number of fused-ring (bicyclic) bond motifs is 1. The normalized spacial score (nSPS) is 16.4. The first-order valence-corrected chi connectivity index (χ1v) is 14.4. The maximum Gasteiger partial charge on any atom is 0.170 e. The molecule has 0 spiro atoms. The summed E-state index contributed by atoms with van der Waals surface area (Å²) in [6.45, 7) is 2.98. The Morgan fingerprint density at radius 3 is 2.49 bits per heavy atom. The van der Waals surface area contributed by atoms with Crippen LogP contribution in [-0.4, -0.2) is 40.5 Å². The average Bonchev–Trinajstić information content (AvgIpc) is 3.64. The van der Waals surface area contributed by atoms with Crippen LogP contribution in [0.4, 0.5) is 0 Å². The fourth-order valence-electron chi connectivity index (χ4n) is 6.02. The number of benzene rings is 3. The molecule has 0 saturated carbocycles. The molecule has 0 amide bonds. The average molecular weight is 520 g/mol. The van der Waals surface area contributed by atoms with Gasteiger partial charge in [-0.1, -0.05) is 61.0 Å². The predicted octanol–water partition coefficient (Wildman–Crippen LogP) is 6.99. The number of aryl methyl sites for hydroxylation is 2. The number of nitrogens with zero attached hydrogens (tertiary/aromatic N) is 2. The summed E-state index contributed by atoms with van der Waals surface area (Å²) >= 11 is 0. The molecule has 5 heteroatoms. The molecule has 0 radical (unpaired) electrons. The number of aromatic amines is 1. The van der Waals surface area contributed by atoms with E-state index in [9.17, 15) is 4.79 Å². The summed E-state index contributed by atoms with van der Waals surface area (Å²) in [5.74, 6) is 0.729. The van der Waals surface area contributed by atoms with Crippen LogP contribution in [0, 0.1) is 0 Å². The fourth-order valence-corrected chi connectivity index (χ4v) is 6.02. The van der Waals surface area contributed by atoms with Gasteiger partial charge in [0, 0.05) is 24.7 Å². The summed E-state index contributed by atoms with van der Waals surface area (Å²) < 4.78 is 6.81. The van der Waals surface area contributed by atoms with Crippen LogP contribution in [-0.2, 0) is 19.3 Å². The zero-order valence-electron chi connectivity index (χ0n) is 22.6. The number of carbonyl (C=O) groups is 1. The van der Waals surface area contributed by atoms with Crippen molar-refractivity contribution >= 4 is 5.78 Å². The van der Waals surface area contributed by atoms with Gasteiger partial charge in [-0.25, -0.2) is 0 Å². The molecular formula is C34H37N3O2. The standard InChI is InChI=1S/C34H37N3O2/c38-32(20-25-13-14-26-9-3-1-6-12-28(26)19-25)31-16-15-29(30-22-35-36-23-30)21-33(31)39-34(24-37-17-7-8-18-37)27-10-4-2-5-11-27/h2,4-5,10-11,13-16,19,21-23,34H,1,3,6-9,12,17-18,20,24H2,(H,35,36). The number of rotatable bonds is 9. The number of hydrogen-bond acceptors (Lipinski definition) is 4. The third-order valence-electron chi connectivity index (χ3n) is 8.20. The van der Waals surface area contributed by atoms with Gasteiger partial charge in [-0.15, -0.1) is 0 Å². The van der Waals surface area contributed by atoms with Crippen LogP contribution in [0.2, 0.25) is 0 Å². The molecule has 1 fully saturated rings. The summed E-state index contributed by atoms with van der Waals surface area (Å²) in [6, 6.07) is 23.0. The largest absolute Gasteiger partial charge is 0.484 e. The van der Waals surface area contributed by atoms with Crippen molar-refractivity contribution in [2.75, 3.05) is 19.6 Å². The highest BCUT2D eigenvalue weighted by Gasteiger charge is 2.24. The van der Waals surface area contributed by atoms with Gasteiger partial charge < -0.3 is 4.74 Å². The van der Waals surface area contributed by atoms with Crippen LogP contribution in [0.3, 0.4) is 0 Å². The monoisotopic (exact) mass is 519 g/mol. The Morgan fingerprint density at radius 1 is 0.872 bits per heavy atom. The van der Waals surface area contributed by atoms with E-state index >= 15 is 0 Å². The van der Waals surface area contributed by atoms with Crippen molar-refractivity contribution in [2.45, 2.75) is 57.5 Å². The van der Waals surface area contributed by atoms with Crippen LogP contribution in [0.25, 0.3) is 11.1 Å². The molecule has 0 bridgehead atoms. The van der Waals surface area contributed by atoms with Crippen molar-refractivity contribution in [1.29, 1.82) is 0 Å². The van der Waals surface area contributed by atoms with Gasteiger partial charge in [-0.3, -0.25) is 14.8 Å². The highest BCUT2D eigenvalue weighted by atomic mass is 16.5. The predicted molar refractivity (Wildman–Crippen MR) is 155 cm³/mol. The second-order valence-corrected chi connectivity index (χ2v) is 11.0. The third-order valence-corrected chi connectivity index (χ3v) is 8.20. The highest BCUT2D eigenvalue weighted by molar-refractivity contribution is 6.00. The fraction of sp³-hybridized carbons (Fsp3) is 0.353. The summed E-state index contributed by atoms with van der Waals surface area (Å²) in [6.07, 6.45) is 12.4. The van der Waals surface area contributed by atoms with Crippen LogP contribution in [0.15, 0.2) is 79.1 Å². The summed E-state index contributed by atoms with van der Waals surface area (Å²) in [4.78, 5) is 16.3. The molecule has 1 atom stereocenters. The number of Topliss-reactive ketones (excluding diaryl/α,β-unsaturated/α-hetero) is 1. The Bertz CT molecular complexity index is 1390. The van der Waals surface area contributed by atoms with E-state index in [0.29, 0.717) is 17.7 Å². The first-order valence-electron chi connectivity index (χ1n) is 14.4. The zero-order valence-corrected chi connectivity index (χ0v) is 22.6. The molecule has 1 aromatic heterocycles. The molecule has 1 aliphatic carbocycles. The summed E-state index contributed by atoms with van der Waals surface area (Å²) in [5, 5.41) is 7.02. The van der Waals surface area contributed by atoms with Crippen molar-refractivity contribution in [2.24, 2.45) is 0 Å². The van der Waals surface area contributed by atoms with E-state index in [2.05, 4.69) is 57.6 Å². The van der Waals surface area contributed by atoms with Gasteiger partial charge in [-0.05, 0) is 91.6 Å². The van der Waals surface area contributed by atoms with Crippen molar-refractivity contribution in [3.8, 4) is 16.9 Å². The van der Waals surface area contributed by atoms with E-state index in [-0.39, 0.29) is 11.9 Å². The maximum atomic E-state index is 13.8. The third kappa shape index (κ3) is 6.15. The van der Waals surface area contributed by atoms with Gasteiger partial charge in [0.15, 0.2) is 5.78 Å². The second kappa shape index (κ2) is 12.0. The number of H-pyrrole nitrogens is 1. The topological polar surface area (TPSA) is 58.2 Å². The minimum absolute atomic E-state index is 0.0882. The summed E-state index contributed by atoms with van der Waals surface area (Å²) in [5.41, 5.74) is 7.67. The Labute approximate surface area is 231 Å². The molecule has 1 unspecified atom stereocenters. The van der Waals surface area contributed by atoms with Crippen LogP contribution in [0.1, 0.15) is 70.8 Å². The lowest BCUT2D eigenvalue weighted by molar-refractivity contribution is 0.0980. The quantitative estimate of drug-likeness (QED) is 0.191. The van der Waals surface area contributed by atoms with Crippen molar-refractivity contribution < 1.29 is 9.53 Å². The minimum Gasteiger partial charge on any atom is -0.484 e. The maximum absolute atomic E-state index is 13.8. The number of ketones is 1. The van der Waals surface area contributed by atoms with E-state index in [1.807, 2.05) is 30.5 Å². The van der Waals surface area contributed by atoms with E-state index in [1.165, 1.54) is 43.2 Å². The molecule has 3 aromatic carbocycles. The number of carbonyl (C=O) groups excluding carboxylic acids is 1. The number of hydrogen-bond donors (Lipinski definition) is 1. The van der Waals surface area contributed by atoms with Crippen molar-refractivity contribution in [3.05, 3.63) is 107 Å².